The number of rotatable bonds is 2. The van der Waals surface area contributed by atoms with E-state index in [0.29, 0.717) is 15.8 Å². The van der Waals surface area contributed by atoms with Crippen LogP contribution in [0.3, 0.4) is 0 Å². The van der Waals surface area contributed by atoms with Gasteiger partial charge < -0.3 is 11.1 Å². The van der Waals surface area contributed by atoms with E-state index in [2.05, 4.69) is 59.8 Å². The number of nitrogens with two attached hydrogens (primary N) is 1. The highest BCUT2D eigenvalue weighted by molar-refractivity contribution is 14.1. The van der Waals surface area contributed by atoms with E-state index in [1.165, 1.54) is 6.07 Å². The van der Waals surface area contributed by atoms with E-state index in [-0.39, 0.29) is 5.82 Å². The highest BCUT2D eigenvalue weighted by Crippen LogP contribution is 2.30. The lowest BCUT2D eigenvalue weighted by atomic mass is 10.2. The average molecular weight is 486 g/mol. The number of halogens is 4. The van der Waals surface area contributed by atoms with E-state index >= 15 is 0 Å². The van der Waals surface area contributed by atoms with Gasteiger partial charge in [-0.15, -0.1) is 0 Å². The molecule has 0 spiro atoms. The number of nitrogens with one attached hydrogen (secondary N) is 1. The Bertz CT molecular complexity index is 605. The Labute approximate surface area is 135 Å². The van der Waals surface area contributed by atoms with Crippen LogP contribution in [0.15, 0.2) is 39.3 Å². The number of hydrogen-bond acceptors (Lipinski definition) is 2. The molecule has 0 fully saturated rings. The standard InChI is InChI=1S/C12H8Br2FIN2/c13-7-2-1-6(3-10(7)16)18-12-5-9(15)8(14)4-11(12)17/h1-5,18H,17H2. The maximum atomic E-state index is 13.5. The molecule has 0 aliphatic rings. The molecule has 0 radical (unpaired) electrons. The van der Waals surface area contributed by atoms with Crippen molar-refractivity contribution >= 4 is 71.5 Å². The molecule has 0 saturated carbocycles. The Morgan fingerprint density at radius 2 is 1.83 bits per heavy atom. The highest BCUT2D eigenvalue weighted by atomic mass is 127. The molecule has 2 nitrogen and oxygen atoms in total. The third-order valence-electron chi connectivity index (χ3n) is 2.29. The quantitative estimate of drug-likeness (QED) is 0.448. The van der Waals surface area contributed by atoms with Crippen LogP contribution in [0.25, 0.3) is 0 Å². The van der Waals surface area contributed by atoms with Crippen LogP contribution in [0.1, 0.15) is 0 Å². The zero-order valence-corrected chi connectivity index (χ0v) is 14.3. The van der Waals surface area contributed by atoms with Crippen molar-refractivity contribution in [2.75, 3.05) is 11.1 Å². The monoisotopic (exact) mass is 484 g/mol. The first-order valence-corrected chi connectivity index (χ1v) is 7.60. The van der Waals surface area contributed by atoms with Crippen LogP contribution < -0.4 is 11.1 Å². The van der Waals surface area contributed by atoms with Crippen LogP contribution in [0, 0.1) is 9.39 Å². The fourth-order valence-electron chi connectivity index (χ4n) is 1.40. The second-order valence-electron chi connectivity index (χ2n) is 3.61. The smallest absolute Gasteiger partial charge is 0.139 e. The average Bonchev–Trinajstić information content (AvgIpc) is 2.31. The summed E-state index contributed by atoms with van der Waals surface area (Å²) >= 11 is 8.73. The zero-order valence-electron chi connectivity index (χ0n) is 8.98. The summed E-state index contributed by atoms with van der Waals surface area (Å²) in [5.74, 6) is -0.349. The lowest BCUT2D eigenvalue weighted by Crippen LogP contribution is -1.98. The molecule has 0 aromatic heterocycles. The van der Waals surface area contributed by atoms with Crippen molar-refractivity contribution in [1.29, 1.82) is 0 Å². The summed E-state index contributed by atoms with van der Waals surface area (Å²) in [6, 6.07) is 8.68. The van der Waals surface area contributed by atoms with E-state index < -0.39 is 0 Å². The van der Waals surface area contributed by atoms with Gasteiger partial charge >= 0.3 is 0 Å². The van der Waals surface area contributed by atoms with Gasteiger partial charge in [0.2, 0.25) is 0 Å². The SMILES string of the molecule is Nc1cc(Br)c(F)cc1Nc1ccc(Br)c(I)c1. The predicted octanol–water partition coefficient (Wildman–Crippen LogP) is 5.28. The molecular formula is C12H8Br2FIN2. The van der Waals surface area contributed by atoms with Gasteiger partial charge in [-0.2, -0.15) is 0 Å². The number of anilines is 3. The second kappa shape index (κ2) is 5.75. The van der Waals surface area contributed by atoms with Crippen molar-refractivity contribution in [2.45, 2.75) is 0 Å². The minimum atomic E-state index is -0.349. The van der Waals surface area contributed by atoms with Crippen LogP contribution in [-0.4, -0.2) is 0 Å². The molecule has 3 N–H and O–H groups in total. The molecule has 0 atom stereocenters. The summed E-state index contributed by atoms with van der Waals surface area (Å²) in [4.78, 5) is 0. The van der Waals surface area contributed by atoms with Crippen molar-refractivity contribution < 1.29 is 4.39 Å². The maximum absolute atomic E-state index is 13.5. The van der Waals surface area contributed by atoms with Gasteiger partial charge in [0.05, 0.1) is 15.8 Å². The number of hydrogen-bond donors (Lipinski definition) is 2. The lowest BCUT2D eigenvalue weighted by Gasteiger charge is -2.11. The molecule has 0 saturated heterocycles. The van der Waals surface area contributed by atoms with Gasteiger partial charge in [-0.1, -0.05) is 0 Å². The highest BCUT2D eigenvalue weighted by Gasteiger charge is 2.07. The van der Waals surface area contributed by atoms with Gasteiger partial charge in [-0.05, 0) is 78.7 Å². The number of nitrogen functional groups attached to an aromatic ring is 1. The molecular weight excluding hydrogens is 478 g/mol. The molecule has 0 bridgehead atoms. The molecule has 0 unspecified atom stereocenters. The molecule has 0 heterocycles. The third-order valence-corrected chi connectivity index (χ3v) is 5.22. The van der Waals surface area contributed by atoms with E-state index in [9.17, 15) is 4.39 Å². The topological polar surface area (TPSA) is 38.0 Å². The zero-order chi connectivity index (χ0) is 13.3. The summed E-state index contributed by atoms with van der Waals surface area (Å²) in [6.45, 7) is 0. The molecule has 18 heavy (non-hydrogen) atoms. The van der Waals surface area contributed by atoms with Crippen LogP contribution >= 0.6 is 54.5 Å². The van der Waals surface area contributed by atoms with E-state index in [4.69, 9.17) is 5.73 Å². The predicted molar refractivity (Wildman–Crippen MR) is 88.7 cm³/mol. The number of benzene rings is 2. The Morgan fingerprint density at radius 1 is 1.11 bits per heavy atom. The molecule has 0 aliphatic heterocycles. The molecule has 2 rings (SSSR count). The lowest BCUT2D eigenvalue weighted by molar-refractivity contribution is 0.622. The van der Waals surface area contributed by atoms with Crippen molar-refractivity contribution in [3.05, 3.63) is 48.7 Å². The van der Waals surface area contributed by atoms with Gasteiger partial charge in [0, 0.05) is 19.8 Å². The van der Waals surface area contributed by atoms with Crippen molar-refractivity contribution in [2.24, 2.45) is 0 Å². The van der Waals surface area contributed by atoms with Gasteiger partial charge in [0.1, 0.15) is 5.82 Å². The summed E-state index contributed by atoms with van der Waals surface area (Å²) in [5, 5.41) is 3.10. The van der Waals surface area contributed by atoms with Gasteiger partial charge in [-0.25, -0.2) is 4.39 Å². The first kappa shape index (κ1) is 14.1. The molecule has 2 aromatic rings. The summed E-state index contributed by atoms with van der Waals surface area (Å²) in [7, 11) is 0. The largest absolute Gasteiger partial charge is 0.397 e. The second-order valence-corrected chi connectivity index (χ2v) is 6.48. The van der Waals surface area contributed by atoms with E-state index in [1.807, 2.05) is 18.2 Å². The minimum Gasteiger partial charge on any atom is -0.397 e. The Hall–Kier alpha value is -0.340. The first-order chi connectivity index (χ1) is 8.47. The van der Waals surface area contributed by atoms with E-state index in [0.717, 1.165) is 13.7 Å². The fraction of sp³-hybridized carbons (Fsp3) is 0. The van der Waals surface area contributed by atoms with Crippen LogP contribution in [0.2, 0.25) is 0 Å². The summed E-state index contributed by atoms with van der Waals surface area (Å²) < 4.78 is 15.9. The van der Waals surface area contributed by atoms with Gasteiger partial charge in [0.15, 0.2) is 0 Å². The Balaban J connectivity index is 2.34. The summed E-state index contributed by atoms with van der Waals surface area (Å²) in [6.07, 6.45) is 0. The normalized spacial score (nSPS) is 10.4. The first-order valence-electron chi connectivity index (χ1n) is 4.94. The van der Waals surface area contributed by atoms with Crippen LogP contribution in [-0.2, 0) is 0 Å². The Kier molecular flexibility index (Phi) is 4.50. The van der Waals surface area contributed by atoms with Crippen molar-refractivity contribution in [3.8, 4) is 0 Å². The van der Waals surface area contributed by atoms with Crippen molar-refractivity contribution in [3.63, 3.8) is 0 Å². The third kappa shape index (κ3) is 3.16. The van der Waals surface area contributed by atoms with Crippen LogP contribution in [0.5, 0.6) is 0 Å². The molecule has 2 aromatic carbocycles. The molecule has 0 amide bonds. The molecule has 94 valence electrons. The molecule has 6 heteroatoms. The summed E-state index contributed by atoms with van der Waals surface area (Å²) in [5.41, 5.74) is 7.73. The Morgan fingerprint density at radius 3 is 2.50 bits per heavy atom. The molecule has 0 aliphatic carbocycles. The van der Waals surface area contributed by atoms with Crippen LogP contribution in [0.4, 0.5) is 21.5 Å². The minimum absolute atomic E-state index is 0.349. The maximum Gasteiger partial charge on any atom is 0.139 e. The van der Waals surface area contributed by atoms with Crippen molar-refractivity contribution in [1.82, 2.24) is 0 Å². The van der Waals surface area contributed by atoms with Gasteiger partial charge in [0.25, 0.3) is 0 Å². The van der Waals surface area contributed by atoms with Gasteiger partial charge in [-0.3, -0.25) is 0 Å². The fourth-order valence-corrected chi connectivity index (χ4v) is 2.52. The van der Waals surface area contributed by atoms with E-state index in [1.54, 1.807) is 6.07 Å².